The van der Waals surface area contributed by atoms with Gasteiger partial charge in [-0.3, -0.25) is 4.90 Å². The Labute approximate surface area is 201 Å². The molecule has 4 nitrogen and oxygen atoms in total. The molecule has 0 unspecified atom stereocenters. The zero-order chi connectivity index (χ0) is 21.3. The number of likely N-dealkylation sites (tertiary alicyclic amines) is 1. The summed E-state index contributed by atoms with van der Waals surface area (Å²) in [5.41, 5.74) is 3.80. The van der Waals surface area contributed by atoms with Gasteiger partial charge in [0.1, 0.15) is 5.75 Å². The maximum absolute atomic E-state index is 13.5. The second kappa shape index (κ2) is 11.6. The van der Waals surface area contributed by atoms with E-state index in [1.807, 2.05) is 20.0 Å². The molecular formula is C24H32Cl2F2N2O2. The molecule has 0 aliphatic carbocycles. The summed E-state index contributed by atoms with van der Waals surface area (Å²) in [6.45, 7) is 5.06. The number of rotatable bonds is 5. The molecule has 2 aromatic carbocycles. The Morgan fingerprint density at radius 3 is 2.47 bits per heavy atom. The lowest BCUT2D eigenvalue weighted by molar-refractivity contribution is -0.0674. The fourth-order valence-electron chi connectivity index (χ4n) is 4.82. The number of nitrogens with zero attached hydrogens (tertiary/aromatic N) is 1. The fraction of sp³-hybridized carbons (Fsp3) is 0.500. The number of aryl methyl sites for hydroxylation is 1. The first-order valence-corrected chi connectivity index (χ1v) is 10.7. The highest BCUT2D eigenvalue weighted by atomic mass is 35.5. The highest BCUT2D eigenvalue weighted by molar-refractivity contribution is 5.85. The average molecular weight is 489 g/mol. The fourth-order valence-corrected chi connectivity index (χ4v) is 4.82. The third-order valence-electron chi connectivity index (χ3n) is 6.55. The maximum Gasteiger partial charge on any atom is 0.159 e. The summed E-state index contributed by atoms with van der Waals surface area (Å²) in [5.74, 6) is -0.777. The monoisotopic (exact) mass is 488 g/mol. The van der Waals surface area contributed by atoms with E-state index in [9.17, 15) is 13.9 Å². The first-order valence-electron chi connectivity index (χ1n) is 10.7. The number of hydrogen-bond donors (Lipinski definition) is 2. The molecule has 0 saturated carbocycles. The summed E-state index contributed by atoms with van der Waals surface area (Å²) in [7, 11) is 1.91. The molecule has 2 heterocycles. The Morgan fingerprint density at radius 2 is 1.81 bits per heavy atom. The number of halogens is 4. The van der Waals surface area contributed by atoms with E-state index in [-0.39, 0.29) is 37.0 Å². The lowest BCUT2D eigenvalue weighted by atomic mass is 9.83. The molecule has 0 aromatic heterocycles. The highest BCUT2D eigenvalue weighted by Crippen LogP contribution is 2.40. The summed E-state index contributed by atoms with van der Waals surface area (Å²) in [4.78, 5) is 2.28. The normalized spacial score (nSPS) is 21.4. The van der Waals surface area contributed by atoms with Crippen molar-refractivity contribution in [3.05, 3.63) is 64.2 Å². The van der Waals surface area contributed by atoms with Crippen LogP contribution in [0.15, 0.2) is 30.3 Å². The van der Waals surface area contributed by atoms with E-state index in [4.69, 9.17) is 4.74 Å². The molecule has 2 atom stereocenters. The molecule has 1 saturated heterocycles. The second-order valence-electron chi connectivity index (χ2n) is 8.59. The Morgan fingerprint density at radius 1 is 1.09 bits per heavy atom. The van der Waals surface area contributed by atoms with E-state index in [0.717, 1.165) is 54.6 Å². The third-order valence-corrected chi connectivity index (χ3v) is 6.55. The van der Waals surface area contributed by atoms with Crippen molar-refractivity contribution in [3.63, 3.8) is 0 Å². The van der Waals surface area contributed by atoms with Crippen molar-refractivity contribution in [2.45, 2.75) is 44.9 Å². The number of hydrogen-bond acceptors (Lipinski definition) is 4. The third kappa shape index (κ3) is 5.72. The Kier molecular flexibility index (Phi) is 9.73. The molecule has 8 heteroatoms. The number of nitrogens with one attached hydrogen (secondary N) is 1. The van der Waals surface area contributed by atoms with E-state index >= 15 is 0 Å². The standard InChI is InChI=1S/C24H30F2N2O2.2ClH/c1-15-3-5-18-19(24(15)29)12-22(30-23(18)13-27-2)17-7-9-28(10-8-17)14-16-4-6-20(25)21(26)11-16;;/h3-6,11,17,22-23,27,29H,7-10,12-14H2,1-2H3;2*1H/t22-,23-;;/m0../s1. The Bertz CT molecular complexity index is 908. The van der Waals surface area contributed by atoms with Crippen molar-refractivity contribution in [2.75, 3.05) is 26.7 Å². The Hall–Kier alpha value is -1.44. The van der Waals surface area contributed by atoms with Crippen molar-refractivity contribution < 1.29 is 18.6 Å². The summed E-state index contributed by atoms with van der Waals surface area (Å²) in [5, 5.41) is 13.9. The zero-order valence-electron chi connectivity index (χ0n) is 18.4. The predicted molar refractivity (Wildman–Crippen MR) is 127 cm³/mol. The van der Waals surface area contributed by atoms with Gasteiger partial charge in [-0.15, -0.1) is 24.8 Å². The van der Waals surface area contributed by atoms with Crippen LogP contribution in [0.5, 0.6) is 5.75 Å². The van der Waals surface area contributed by atoms with Gasteiger partial charge in [0, 0.05) is 25.1 Å². The van der Waals surface area contributed by atoms with Crippen LogP contribution in [0.25, 0.3) is 0 Å². The van der Waals surface area contributed by atoms with Crippen LogP contribution < -0.4 is 5.32 Å². The van der Waals surface area contributed by atoms with E-state index in [0.29, 0.717) is 24.8 Å². The molecule has 2 aliphatic rings. The Balaban J connectivity index is 0.00000181. The largest absolute Gasteiger partial charge is 0.507 e. The van der Waals surface area contributed by atoms with Crippen LogP contribution in [0.1, 0.15) is 41.2 Å². The first-order chi connectivity index (χ1) is 14.5. The van der Waals surface area contributed by atoms with E-state index < -0.39 is 11.6 Å². The smallest absolute Gasteiger partial charge is 0.159 e. The molecule has 4 rings (SSSR count). The van der Waals surface area contributed by atoms with Gasteiger partial charge in [-0.25, -0.2) is 8.78 Å². The number of ether oxygens (including phenoxy) is 1. The van der Waals surface area contributed by atoms with Crippen molar-refractivity contribution in [1.82, 2.24) is 10.2 Å². The zero-order valence-corrected chi connectivity index (χ0v) is 20.1. The predicted octanol–water partition coefficient (Wildman–Crippen LogP) is 4.94. The number of phenols is 1. The van der Waals surface area contributed by atoms with Crippen molar-refractivity contribution in [3.8, 4) is 5.75 Å². The number of fused-ring (bicyclic) bond motifs is 1. The van der Waals surface area contributed by atoms with Gasteiger partial charge < -0.3 is 15.2 Å². The first kappa shape index (κ1) is 26.8. The number of aromatic hydroxyl groups is 1. The molecule has 0 spiro atoms. The molecular weight excluding hydrogens is 457 g/mol. The van der Waals surface area contributed by atoms with E-state index in [1.165, 1.54) is 12.1 Å². The van der Waals surface area contributed by atoms with Gasteiger partial charge in [-0.1, -0.05) is 18.2 Å². The molecule has 2 aliphatic heterocycles. The van der Waals surface area contributed by atoms with Crippen LogP contribution in [0.4, 0.5) is 8.78 Å². The second-order valence-corrected chi connectivity index (χ2v) is 8.59. The number of piperidine rings is 1. The van der Waals surface area contributed by atoms with Crippen molar-refractivity contribution in [2.24, 2.45) is 5.92 Å². The van der Waals surface area contributed by atoms with Crippen LogP contribution in [0, 0.1) is 24.5 Å². The summed E-state index contributed by atoms with van der Waals surface area (Å²) in [6, 6.07) is 8.17. The van der Waals surface area contributed by atoms with Gasteiger partial charge in [-0.05, 0) is 74.6 Å². The van der Waals surface area contributed by atoms with E-state index in [1.54, 1.807) is 6.07 Å². The molecule has 0 amide bonds. The topological polar surface area (TPSA) is 44.7 Å². The lowest BCUT2D eigenvalue weighted by Gasteiger charge is -2.40. The number of likely N-dealkylation sites (N-methyl/N-ethyl adjacent to an activating group) is 1. The van der Waals surface area contributed by atoms with Gasteiger partial charge in [0.05, 0.1) is 12.2 Å². The molecule has 32 heavy (non-hydrogen) atoms. The minimum Gasteiger partial charge on any atom is -0.507 e. The number of phenolic OH excluding ortho intramolecular Hbond substituents is 1. The highest BCUT2D eigenvalue weighted by Gasteiger charge is 2.35. The SMILES string of the molecule is CNC[C@@H]1O[C@H](C2CCN(Cc3ccc(F)c(F)c3)CC2)Cc2c1ccc(C)c2O.Cl.Cl. The molecule has 0 bridgehead atoms. The lowest BCUT2D eigenvalue weighted by Crippen LogP contribution is -2.42. The van der Waals surface area contributed by atoms with Gasteiger partial charge in [0.15, 0.2) is 11.6 Å². The summed E-state index contributed by atoms with van der Waals surface area (Å²) < 4.78 is 33.1. The van der Waals surface area contributed by atoms with Crippen molar-refractivity contribution >= 4 is 24.8 Å². The van der Waals surface area contributed by atoms with Crippen LogP contribution in [0.2, 0.25) is 0 Å². The van der Waals surface area contributed by atoms with Crippen LogP contribution in [-0.4, -0.2) is 42.8 Å². The summed E-state index contributed by atoms with van der Waals surface area (Å²) >= 11 is 0. The molecule has 0 radical (unpaired) electrons. The average Bonchev–Trinajstić information content (AvgIpc) is 2.74. The quantitative estimate of drug-likeness (QED) is 0.625. The van der Waals surface area contributed by atoms with Crippen LogP contribution >= 0.6 is 24.8 Å². The molecule has 178 valence electrons. The van der Waals surface area contributed by atoms with Gasteiger partial charge in [-0.2, -0.15) is 0 Å². The van der Waals surface area contributed by atoms with E-state index in [2.05, 4.69) is 16.3 Å². The summed E-state index contributed by atoms with van der Waals surface area (Å²) in [6.07, 6.45) is 2.73. The van der Waals surface area contributed by atoms with Gasteiger partial charge in [0.25, 0.3) is 0 Å². The van der Waals surface area contributed by atoms with Crippen molar-refractivity contribution in [1.29, 1.82) is 0 Å². The van der Waals surface area contributed by atoms with Crippen LogP contribution in [0.3, 0.4) is 0 Å². The molecule has 2 N–H and O–H groups in total. The maximum atomic E-state index is 13.5. The van der Waals surface area contributed by atoms with Crippen LogP contribution in [-0.2, 0) is 17.7 Å². The molecule has 1 fully saturated rings. The van der Waals surface area contributed by atoms with Gasteiger partial charge >= 0.3 is 0 Å². The minimum absolute atomic E-state index is 0. The number of benzene rings is 2. The van der Waals surface area contributed by atoms with Gasteiger partial charge in [0.2, 0.25) is 0 Å². The molecule has 2 aromatic rings. The minimum atomic E-state index is -0.804.